The maximum atomic E-state index is 12.8. The lowest BCUT2D eigenvalue weighted by molar-refractivity contribution is -0.384. The molecule has 0 aromatic heterocycles. The Kier molecular flexibility index (Phi) is 6.14. The van der Waals surface area contributed by atoms with Crippen molar-refractivity contribution < 1.29 is 9.72 Å². The predicted octanol–water partition coefficient (Wildman–Crippen LogP) is 3.86. The molecular weight excluding hydrogens is 344 g/mol. The highest BCUT2D eigenvalue weighted by Gasteiger charge is 2.21. The number of hydrogen-bond acceptors (Lipinski definition) is 5. The Morgan fingerprint density at radius 2 is 1.67 bits per heavy atom. The molecule has 0 radical (unpaired) electrons. The summed E-state index contributed by atoms with van der Waals surface area (Å²) in [6.45, 7) is 0. The lowest BCUT2D eigenvalue weighted by Gasteiger charge is -2.23. The van der Waals surface area contributed by atoms with Gasteiger partial charge in [-0.3, -0.25) is 20.3 Å². The third kappa shape index (κ3) is 5.13. The molecule has 2 aromatic rings. The molecule has 1 amide bonds. The molecule has 0 bridgehead atoms. The van der Waals surface area contributed by atoms with Crippen molar-refractivity contribution in [2.24, 2.45) is 5.10 Å². The molecule has 0 unspecified atom stereocenters. The molecule has 7 nitrogen and oxygen atoms in total. The van der Waals surface area contributed by atoms with Crippen LogP contribution >= 0.6 is 0 Å². The van der Waals surface area contributed by atoms with E-state index in [1.807, 2.05) is 30.3 Å². The number of amides is 1. The predicted molar refractivity (Wildman–Crippen MR) is 105 cm³/mol. The molecule has 140 valence electrons. The number of carbonyl (C=O) groups excluding carboxylic acids is 1. The molecule has 1 saturated carbocycles. The summed E-state index contributed by atoms with van der Waals surface area (Å²) in [6, 6.07) is 15.3. The van der Waals surface area contributed by atoms with E-state index in [1.165, 1.54) is 18.6 Å². The average Bonchev–Trinajstić information content (AvgIpc) is 2.70. The number of rotatable bonds is 6. The van der Waals surface area contributed by atoms with Crippen LogP contribution in [-0.2, 0) is 4.79 Å². The van der Waals surface area contributed by atoms with Gasteiger partial charge in [0.1, 0.15) is 0 Å². The summed E-state index contributed by atoms with van der Waals surface area (Å²) < 4.78 is 0. The first-order chi connectivity index (χ1) is 13.1. The topological polar surface area (TPSA) is 96.6 Å². The smallest absolute Gasteiger partial charge is 0.272 e. The van der Waals surface area contributed by atoms with Crippen LogP contribution in [0, 0.1) is 10.1 Å². The molecule has 0 spiro atoms. The summed E-state index contributed by atoms with van der Waals surface area (Å²) in [6.07, 6.45) is 5.34. The van der Waals surface area contributed by atoms with Gasteiger partial charge in [-0.2, -0.15) is 5.10 Å². The number of nitro groups is 1. The van der Waals surface area contributed by atoms with Gasteiger partial charge in [-0.25, -0.2) is 0 Å². The zero-order valence-corrected chi connectivity index (χ0v) is 14.9. The van der Waals surface area contributed by atoms with Gasteiger partial charge in [0.25, 0.3) is 11.6 Å². The molecule has 2 aromatic carbocycles. The molecule has 0 saturated heterocycles. The van der Waals surface area contributed by atoms with E-state index in [-0.39, 0.29) is 23.3 Å². The standard InChI is InChI=1S/C20H22N4O3/c25-20(21-16-7-3-1-4-8-16)19(23-22-17-9-5-2-6-10-17)15-11-13-18(14-12-15)24(26)27/h2,5-6,9-14,16,22H,1,3-4,7-8H2,(H,21,25). The van der Waals surface area contributed by atoms with E-state index in [1.54, 1.807) is 12.1 Å². The minimum absolute atomic E-state index is 0.0261. The van der Waals surface area contributed by atoms with Gasteiger partial charge in [-0.15, -0.1) is 0 Å². The summed E-state index contributed by atoms with van der Waals surface area (Å²) in [4.78, 5) is 23.2. The quantitative estimate of drug-likeness (QED) is 0.461. The summed E-state index contributed by atoms with van der Waals surface area (Å²) >= 11 is 0. The minimum Gasteiger partial charge on any atom is -0.348 e. The summed E-state index contributed by atoms with van der Waals surface area (Å²) in [5.74, 6) is -0.279. The van der Waals surface area contributed by atoms with Gasteiger partial charge in [0.05, 0.1) is 10.6 Å². The van der Waals surface area contributed by atoms with Crippen LogP contribution in [0.2, 0.25) is 0 Å². The lowest BCUT2D eigenvalue weighted by atomic mass is 9.95. The highest BCUT2D eigenvalue weighted by Crippen LogP contribution is 2.18. The Hall–Kier alpha value is -3.22. The van der Waals surface area contributed by atoms with Crippen molar-refractivity contribution in [3.05, 3.63) is 70.3 Å². The van der Waals surface area contributed by atoms with Gasteiger partial charge in [0, 0.05) is 23.7 Å². The second kappa shape index (κ2) is 8.93. The number of nitro benzene ring substituents is 1. The van der Waals surface area contributed by atoms with Crippen LogP contribution < -0.4 is 10.7 Å². The van der Waals surface area contributed by atoms with Crippen molar-refractivity contribution in [2.75, 3.05) is 5.43 Å². The first-order valence-electron chi connectivity index (χ1n) is 9.08. The second-order valence-corrected chi connectivity index (χ2v) is 6.55. The maximum absolute atomic E-state index is 12.8. The van der Waals surface area contributed by atoms with Crippen molar-refractivity contribution in [3.8, 4) is 0 Å². The Balaban J connectivity index is 1.82. The SMILES string of the molecule is O=C(NC1CCCCC1)C(=NNc1ccccc1)c1ccc([N+](=O)[O-])cc1. The van der Waals surface area contributed by atoms with Crippen molar-refractivity contribution in [1.29, 1.82) is 0 Å². The fraction of sp³-hybridized carbons (Fsp3) is 0.300. The highest BCUT2D eigenvalue weighted by molar-refractivity contribution is 6.45. The zero-order valence-electron chi connectivity index (χ0n) is 14.9. The largest absolute Gasteiger partial charge is 0.348 e. The number of benzene rings is 2. The van der Waals surface area contributed by atoms with Crippen molar-refractivity contribution in [3.63, 3.8) is 0 Å². The Morgan fingerprint density at radius 3 is 2.30 bits per heavy atom. The van der Waals surface area contributed by atoms with Gasteiger partial charge >= 0.3 is 0 Å². The molecule has 0 atom stereocenters. The van der Waals surface area contributed by atoms with Crippen LogP contribution in [0.5, 0.6) is 0 Å². The molecule has 3 rings (SSSR count). The first kappa shape index (κ1) is 18.6. The van der Waals surface area contributed by atoms with E-state index in [0.717, 1.165) is 31.4 Å². The molecule has 27 heavy (non-hydrogen) atoms. The average molecular weight is 366 g/mol. The molecule has 7 heteroatoms. The molecule has 0 aliphatic heterocycles. The van der Waals surface area contributed by atoms with E-state index < -0.39 is 4.92 Å². The number of para-hydroxylation sites is 1. The zero-order chi connectivity index (χ0) is 19.1. The van der Waals surface area contributed by atoms with Crippen molar-refractivity contribution in [1.82, 2.24) is 5.32 Å². The Morgan fingerprint density at radius 1 is 1.00 bits per heavy atom. The summed E-state index contributed by atoms with van der Waals surface area (Å²) in [7, 11) is 0. The number of nitrogens with one attached hydrogen (secondary N) is 2. The molecule has 1 aliphatic carbocycles. The van der Waals surface area contributed by atoms with Gasteiger partial charge in [0.15, 0.2) is 5.71 Å². The molecule has 1 fully saturated rings. The second-order valence-electron chi connectivity index (χ2n) is 6.55. The number of hydrogen-bond donors (Lipinski definition) is 2. The molecule has 2 N–H and O–H groups in total. The van der Waals surface area contributed by atoms with Crippen LogP contribution in [0.1, 0.15) is 37.7 Å². The minimum atomic E-state index is -0.467. The first-order valence-corrected chi connectivity index (χ1v) is 9.08. The van der Waals surface area contributed by atoms with Crippen LogP contribution in [0.4, 0.5) is 11.4 Å². The molecule has 0 heterocycles. The van der Waals surface area contributed by atoms with Gasteiger partial charge in [-0.1, -0.05) is 37.5 Å². The van der Waals surface area contributed by atoms with E-state index in [4.69, 9.17) is 0 Å². The van der Waals surface area contributed by atoms with Gasteiger partial charge < -0.3 is 5.32 Å². The molecular formula is C20H22N4O3. The van der Waals surface area contributed by atoms with Crippen molar-refractivity contribution >= 4 is 23.0 Å². The number of carbonyl (C=O) groups is 1. The number of anilines is 1. The third-order valence-electron chi connectivity index (χ3n) is 4.58. The normalized spacial score (nSPS) is 15.2. The Labute approximate surface area is 157 Å². The van der Waals surface area contributed by atoms with E-state index in [0.29, 0.717) is 5.56 Å². The van der Waals surface area contributed by atoms with Crippen LogP contribution in [0.3, 0.4) is 0 Å². The van der Waals surface area contributed by atoms with Crippen LogP contribution in [-0.4, -0.2) is 22.6 Å². The van der Waals surface area contributed by atoms with E-state index in [2.05, 4.69) is 15.8 Å². The van der Waals surface area contributed by atoms with E-state index in [9.17, 15) is 14.9 Å². The monoisotopic (exact) mass is 366 g/mol. The Bertz CT molecular complexity index is 813. The lowest BCUT2D eigenvalue weighted by Crippen LogP contribution is -2.40. The van der Waals surface area contributed by atoms with Crippen LogP contribution in [0.25, 0.3) is 0 Å². The highest BCUT2D eigenvalue weighted by atomic mass is 16.6. The van der Waals surface area contributed by atoms with Gasteiger partial charge in [0.2, 0.25) is 0 Å². The maximum Gasteiger partial charge on any atom is 0.272 e. The number of non-ortho nitro benzene ring substituents is 1. The van der Waals surface area contributed by atoms with E-state index >= 15 is 0 Å². The summed E-state index contributed by atoms with van der Waals surface area (Å²) in [5, 5.41) is 18.2. The van der Waals surface area contributed by atoms with Crippen molar-refractivity contribution in [2.45, 2.75) is 38.1 Å². The number of nitrogens with zero attached hydrogens (tertiary/aromatic N) is 2. The molecule has 1 aliphatic rings. The van der Waals surface area contributed by atoms with Crippen LogP contribution in [0.15, 0.2) is 59.7 Å². The van der Waals surface area contributed by atoms with Gasteiger partial charge in [-0.05, 0) is 37.1 Å². The fourth-order valence-electron chi connectivity index (χ4n) is 3.12. The fourth-order valence-corrected chi connectivity index (χ4v) is 3.12. The summed E-state index contributed by atoms with van der Waals surface area (Å²) in [5.41, 5.74) is 4.35. The number of hydrazone groups is 1. The third-order valence-corrected chi connectivity index (χ3v) is 4.58.